The molecule has 5 nitrogen and oxygen atoms in total. The van der Waals surface area contributed by atoms with Crippen LogP contribution >= 0.6 is 0 Å². The number of rotatable bonds is 2. The average Bonchev–Trinajstić information content (AvgIpc) is 2.44. The Morgan fingerprint density at radius 2 is 2.20 bits per heavy atom. The molecule has 1 saturated heterocycles. The monoisotopic (exact) mass is 217 g/mol. The van der Waals surface area contributed by atoms with Gasteiger partial charge in [-0.2, -0.15) is 0 Å². The number of hydrogen-bond acceptors (Lipinski definition) is 4. The van der Waals surface area contributed by atoms with Crippen molar-refractivity contribution in [1.29, 1.82) is 0 Å². The Morgan fingerprint density at radius 3 is 2.67 bits per heavy atom. The smallest absolute Gasteiger partial charge is 0.407 e. The zero-order chi connectivity index (χ0) is 11.5. The molecule has 0 aromatic rings. The Bertz CT molecular complexity index is 224. The van der Waals surface area contributed by atoms with Gasteiger partial charge < -0.3 is 19.9 Å². The van der Waals surface area contributed by atoms with Crippen molar-refractivity contribution in [1.82, 2.24) is 5.32 Å². The molecule has 0 aromatic heterocycles. The number of hydrogen-bond donors (Lipinski definition) is 2. The lowest BCUT2D eigenvalue weighted by Gasteiger charge is -2.21. The quantitative estimate of drug-likeness (QED) is 0.707. The number of ether oxygens (including phenoxy) is 2. The van der Waals surface area contributed by atoms with Gasteiger partial charge in [0.15, 0.2) is 0 Å². The molecular formula is C10H19NO4. The molecule has 1 amide bonds. The molecule has 0 saturated carbocycles. The lowest BCUT2D eigenvalue weighted by Crippen LogP contribution is -2.37. The van der Waals surface area contributed by atoms with Crippen LogP contribution in [0.25, 0.3) is 0 Å². The Kier molecular flexibility index (Phi) is 3.93. The van der Waals surface area contributed by atoms with Crippen LogP contribution in [0.5, 0.6) is 0 Å². The second-order valence-electron chi connectivity index (χ2n) is 4.75. The van der Waals surface area contributed by atoms with E-state index in [4.69, 9.17) is 9.47 Å². The SMILES string of the molecule is CC(C)(C)OC(=O)NC[C@@H]1COC[C@@H]1O. The summed E-state index contributed by atoms with van der Waals surface area (Å²) in [5.74, 6) is -0.0301. The van der Waals surface area contributed by atoms with E-state index in [0.717, 1.165) is 0 Å². The van der Waals surface area contributed by atoms with Crippen LogP contribution in [-0.4, -0.2) is 42.7 Å². The van der Waals surface area contributed by atoms with Crippen LogP contribution in [-0.2, 0) is 9.47 Å². The summed E-state index contributed by atoms with van der Waals surface area (Å²) in [5, 5.41) is 12.0. The van der Waals surface area contributed by atoms with Crippen molar-refractivity contribution in [3.8, 4) is 0 Å². The van der Waals surface area contributed by atoms with Crippen LogP contribution in [0.3, 0.4) is 0 Å². The first-order chi connectivity index (χ1) is 6.88. The Hall–Kier alpha value is -0.810. The van der Waals surface area contributed by atoms with Crippen LogP contribution in [0.1, 0.15) is 20.8 Å². The zero-order valence-electron chi connectivity index (χ0n) is 9.45. The third kappa shape index (κ3) is 4.48. The van der Waals surface area contributed by atoms with Crippen molar-refractivity contribution in [3.05, 3.63) is 0 Å². The van der Waals surface area contributed by atoms with Crippen LogP contribution in [0.2, 0.25) is 0 Å². The van der Waals surface area contributed by atoms with Crippen LogP contribution in [0.4, 0.5) is 4.79 Å². The minimum atomic E-state index is -0.491. The van der Waals surface area contributed by atoms with Gasteiger partial charge in [-0.1, -0.05) is 0 Å². The molecule has 0 aliphatic carbocycles. The van der Waals surface area contributed by atoms with Crippen LogP contribution in [0, 0.1) is 5.92 Å². The molecule has 0 radical (unpaired) electrons. The van der Waals surface area contributed by atoms with E-state index in [9.17, 15) is 9.90 Å². The highest BCUT2D eigenvalue weighted by Gasteiger charge is 2.27. The van der Waals surface area contributed by atoms with Crippen molar-refractivity contribution in [2.45, 2.75) is 32.5 Å². The first kappa shape index (κ1) is 12.3. The highest BCUT2D eigenvalue weighted by Crippen LogP contribution is 2.12. The number of nitrogens with one attached hydrogen (secondary N) is 1. The second kappa shape index (κ2) is 4.81. The fraction of sp³-hybridized carbons (Fsp3) is 0.900. The summed E-state index contributed by atoms with van der Waals surface area (Å²) in [6, 6.07) is 0. The molecule has 0 bridgehead atoms. The highest BCUT2D eigenvalue weighted by atomic mass is 16.6. The molecule has 15 heavy (non-hydrogen) atoms. The van der Waals surface area contributed by atoms with Gasteiger partial charge in [0.1, 0.15) is 5.60 Å². The van der Waals surface area contributed by atoms with Crippen molar-refractivity contribution in [3.63, 3.8) is 0 Å². The number of amides is 1. The van der Waals surface area contributed by atoms with E-state index in [-0.39, 0.29) is 5.92 Å². The Morgan fingerprint density at radius 1 is 1.53 bits per heavy atom. The molecule has 2 atom stereocenters. The fourth-order valence-corrected chi connectivity index (χ4v) is 1.31. The van der Waals surface area contributed by atoms with Gasteiger partial charge in [0.25, 0.3) is 0 Å². The number of carbonyl (C=O) groups excluding carboxylic acids is 1. The first-order valence-electron chi connectivity index (χ1n) is 5.11. The van der Waals surface area contributed by atoms with Crippen LogP contribution < -0.4 is 5.32 Å². The topological polar surface area (TPSA) is 67.8 Å². The molecule has 1 aliphatic rings. The van der Waals surface area contributed by atoms with E-state index in [1.165, 1.54) is 0 Å². The minimum Gasteiger partial charge on any atom is -0.444 e. The van der Waals surface area contributed by atoms with Gasteiger partial charge in [-0.3, -0.25) is 0 Å². The standard InChI is InChI=1S/C10H19NO4/c1-10(2,3)15-9(13)11-4-7-5-14-6-8(7)12/h7-8,12H,4-6H2,1-3H3,(H,11,13)/t7-,8+/m1/s1. The number of aliphatic hydroxyl groups is 1. The summed E-state index contributed by atoms with van der Waals surface area (Å²) in [5.41, 5.74) is -0.491. The van der Waals surface area contributed by atoms with Crippen molar-refractivity contribution in [2.75, 3.05) is 19.8 Å². The van der Waals surface area contributed by atoms with Gasteiger partial charge in [0, 0.05) is 12.5 Å². The first-order valence-corrected chi connectivity index (χ1v) is 5.11. The molecule has 1 aliphatic heterocycles. The number of carbonyl (C=O) groups is 1. The van der Waals surface area contributed by atoms with E-state index in [1.54, 1.807) is 20.8 Å². The van der Waals surface area contributed by atoms with Gasteiger partial charge >= 0.3 is 6.09 Å². The van der Waals surface area contributed by atoms with Gasteiger partial charge in [0.2, 0.25) is 0 Å². The predicted octanol–water partition coefficient (Wildman–Crippen LogP) is 0.518. The molecule has 2 N–H and O–H groups in total. The molecule has 5 heteroatoms. The number of alkyl carbamates (subject to hydrolysis) is 1. The van der Waals surface area contributed by atoms with E-state index in [2.05, 4.69) is 5.32 Å². The largest absolute Gasteiger partial charge is 0.444 e. The zero-order valence-corrected chi connectivity index (χ0v) is 9.45. The third-order valence-corrected chi connectivity index (χ3v) is 2.07. The van der Waals surface area contributed by atoms with E-state index in [0.29, 0.717) is 19.8 Å². The molecule has 1 heterocycles. The molecule has 0 aromatic carbocycles. The normalized spacial score (nSPS) is 26.4. The molecule has 0 spiro atoms. The highest BCUT2D eigenvalue weighted by molar-refractivity contribution is 5.67. The molecule has 88 valence electrons. The lowest BCUT2D eigenvalue weighted by atomic mass is 10.1. The summed E-state index contributed by atoms with van der Waals surface area (Å²) >= 11 is 0. The van der Waals surface area contributed by atoms with Gasteiger partial charge in [-0.05, 0) is 20.8 Å². The van der Waals surface area contributed by atoms with Crippen molar-refractivity contribution in [2.24, 2.45) is 5.92 Å². The summed E-state index contributed by atoms with van der Waals surface area (Å²) in [6.07, 6.45) is -0.943. The molecule has 1 rings (SSSR count). The van der Waals surface area contributed by atoms with E-state index < -0.39 is 17.8 Å². The molecule has 0 unspecified atom stereocenters. The maximum atomic E-state index is 11.3. The second-order valence-corrected chi connectivity index (χ2v) is 4.75. The minimum absolute atomic E-state index is 0.0301. The van der Waals surface area contributed by atoms with E-state index >= 15 is 0 Å². The molecule has 1 fully saturated rings. The summed E-state index contributed by atoms with van der Waals surface area (Å²) in [6.45, 7) is 6.63. The molecular weight excluding hydrogens is 198 g/mol. The lowest BCUT2D eigenvalue weighted by molar-refractivity contribution is 0.0505. The van der Waals surface area contributed by atoms with Gasteiger partial charge in [-0.25, -0.2) is 4.79 Å². The van der Waals surface area contributed by atoms with Crippen LogP contribution in [0.15, 0.2) is 0 Å². The Balaban J connectivity index is 2.22. The number of aliphatic hydroxyl groups excluding tert-OH is 1. The average molecular weight is 217 g/mol. The third-order valence-electron chi connectivity index (χ3n) is 2.07. The van der Waals surface area contributed by atoms with E-state index in [1.807, 2.05) is 0 Å². The summed E-state index contributed by atoms with van der Waals surface area (Å²) in [7, 11) is 0. The van der Waals surface area contributed by atoms with Crippen molar-refractivity contribution < 1.29 is 19.4 Å². The predicted molar refractivity (Wildman–Crippen MR) is 54.6 cm³/mol. The van der Waals surface area contributed by atoms with Gasteiger partial charge in [0.05, 0.1) is 19.3 Å². The Labute approximate surface area is 89.8 Å². The summed E-state index contributed by atoms with van der Waals surface area (Å²) < 4.78 is 10.1. The van der Waals surface area contributed by atoms with Crippen molar-refractivity contribution >= 4 is 6.09 Å². The maximum Gasteiger partial charge on any atom is 0.407 e. The van der Waals surface area contributed by atoms with Gasteiger partial charge in [-0.15, -0.1) is 0 Å². The fourth-order valence-electron chi connectivity index (χ4n) is 1.31. The summed E-state index contributed by atoms with van der Waals surface area (Å²) in [4.78, 5) is 11.3. The maximum absolute atomic E-state index is 11.3.